The van der Waals surface area contributed by atoms with E-state index >= 15 is 0 Å². The maximum Gasteiger partial charge on any atom is 0.103 e. The third-order valence-electron chi connectivity index (χ3n) is 4.93. The van der Waals surface area contributed by atoms with E-state index in [2.05, 4.69) is 22.5 Å². The van der Waals surface area contributed by atoms with Crippen molar-refractivity contribution in [3.8, 4) is 0 Å². The Hall–Kier alpha value is -2.20. The maximum atomic E-state index is 11.8. The van der Waals surface area contributed by atoms with E-state index in [0.29, 0.717) is 6.42 Å². The minimum absolute atomic E-state index is 0.324. The third kappa shape index (κ3) is 4.22. The summed E-state index contributed by atoms with van der Waals surface area (Å²) in [6, 6.07) is 26.7. The van der Waals surface area contributed by atoms with Gasteiger partial charge < -0.3 is 10.2 Å². The van der Waals surface area contributed by atoms with Gasteiger partial charge in [-0.3, -0.25) is 0 Å². The lowest BCUT2D eigenvalue weighted by Gasteiger charge is -2.39. The summed E-state index contributed by atoms with van der Waals surface area (Å²) >= 11 is 3.43. The minimum atomic E-state index is -1.29. The smallest absolute Gasteiger partial charge is 0.103 e. The molecule has 0 aliphatic rings. The van der Waals surface area contributed by atoms with Crippen LogP contribution in [-0.4, -0.2) is 10.2 Å². The number of aliphatic hydroxyl groups is 2. The van der Waals surface area contributed by atoms with Crippen LogP contribution >= 0.6 is 15.9 Å². The Balaban J connectivity index is 2.16. The number of benzene rings is 3. The average Bonchev–Trinajstić information content (AvgIpc) is 2.70. The van der Waals surface area contributed by atoms with Crippen LogP contribution in [0.3, 0.4) is 0 Å². The number of rotatable bonds is 7. The van der Waals surface area contributed by atoms with Gasteiger partial charge in [0.25, 0.3) is 0 Å². The quantitative estimate of drug-likeness (QED) is 0.477. The average molecular weight is 423 g/mol. The Morgan fingerprint density at radius 1 is 0.852 bits per heavy atom. The van der Waals surface area contributed by atoms with Crippen molar-refractivity contribution < 1.29 is 10.2 Å². The Labute approximate surface area is 169 Å². The highest BCUT2D eigenvalue weighted by molar-refractivity contribution is 9.10. The van der Waals surface area contributed by atoms with Gasteiger partial charge in [0.05, 0.1) is 6.10 Å². The van der Waals surface area contributed by atoms with Gasteiger partial charge in [-0.05, 0) is 35.2 Å². The fraction of sp³-hybridized carbons (Fsp3) is 0.167. The molecule has 3 rings (SSSR count). The van der Waals surface area contributed by atoms with Crippen molar-refractivity contribution in [1.82, 2.24) is 0 Å². The largest absolute Gasteiger partial charge is 0.388 e. The molecular formula is C24H23BrO2. The molecule has 0 amide bonds. The standard InChI is InChI=1S/C24H23BrO2/c1-2-17-24(27,20-11-7-4-8-12-20)22(18-9-5-3-6-10-18)23(26)19-13-15-21(25)16-14-19/h2-16,22-23,26-27H,1,17H2/t22-,23-,24-/m0/s1. The van der Waals surface area contributed by atoms with Crippen LogP contribution in [0.2, 0.25) is 0 Å². The lowest BCUT2D eigenvalue weighted by Crippen LogP contribution is -2.37. The molecule has 0 saturated carbocycles. The van der Waals surface area contributed by atoms with Gasteiger partial charge in [-0.2, -0.15) is 0 Å². The van der Waals surface area contributed by atoms with Gasteiger partial charge in [-0.25, -0.2) is 0 Å². The molecule has 2 nitrogen and oxygen atoms in total. The summed E-state index contributed by atoms with van der Waals surface area (Å²) in [6.45, 7) is 3.84. The van der Waals surface area contributed by atoms with Crippen LogP contribution in [0.4, 0.5) is 0 Å². The summed E-state index contributed by atoms with van der Waals surface area (Å²) in [7, 11) is 0. The molecule has 0 saturated heterocycles. The first-order chi connectivity index (χ1) is 13.1. The number of hydrogen-bond donors (Lipinski definition) is 2. The predicted molar refractivity (Wildman–Crippen MR) is 113 cm³/mol. The van der Waals surface area contributed by atoms with Crippen LogP contribution in [0.25, 0.3) is 0 Å². The zero-order chi connectivity index (χ0) is 19.3. The van der Waals surface area contributed by atoms with Gasteiger partial charge in [0.15, 0.2) is 0 Å². The fourth-order valence-electron chi connectivity index (χ4n) is 3.60. The van der Waals surface area contributed by atoms with Crippen LogP contribution in [0, 0.1) is 0 Å². The SMILES string of the molecule is C=CC[C@](O)(c1ccccc1)[C@@H](c1ccccc1)[C@@H](O)c1ccc(Br)cc1. The van der Waals surface area contributed by atoms with E-state index in [-0.39, 0.29) is 0 Å². The summed E-state index contributed by atoms with van der Waals surface area (Å²) in [5, 5.41) is 23.2. The molecule has 0 aromatic heterocycles. The Bertz CT molecular complexity index is 862. The topological polar surface area (TPSA) is 40.5 Å². The van der Waals surface area contributed by atoms with Crippen LogP contribution in [0.5, 0.6) is 0 Å². The lowest BCUT2D eigenvalue weighted by atomic mass is 9.71. The Morgan fingerprint density at radius 3 is 1.96 bits per heavy atom. The van der Waals surface area contributed by atoms with Crippen LogP contribution < -0.4 is 0 Å². The number of hydrogen-bond acceptors (Lipinski definition) is 2. The van der Waals surface area contributed by atoms with E-state index in [9.17, 15) is 10.2 Å². The zero-order valence-corrected chi connectivity index (χ0v) is 16.6. The molecule has 0 unspecified atom stereocenters. The summed E-state index contributed by atoms with van der Waals surface area (Å²) in [5.74, 6) is -0.555. The van der Waals surface area contributed by atoms with E-state index < -0.39 is 17.6 Å². The molecule has 0 bridgehead atoms. The van der Waals surface area contributed by atoms with Crippen molar-refractivity contribution in [1.29, 1.82) is 0 Å². The fourth-order valence-corrected chi connectivity index (χ4v) is 3.87. The molecule has 0 spiro atoms. The molecule has 3 aromatic rings. The van der Waals surface area contributed by atoms with Gasteiger partial charge in [-0.1, -0.05) is 94.8 Å². The molecule has 0 aliphatic carbocycles. The Kier molecular flexibility index (Phi) is 6.27. The number of halogens is 1. The van der Waals surface area contributed by atoms with Gasteiger partial charge in [-0.15, -0.1) is 6.58 Å². The van der Waals surface area contributed by atoms with E-state index in [0.717, 1.165) is 21.2 Å². The molecule has 2 N–H and O–H groups in total. The first kappa shape index (κ1) is 19.6. The molecule has 0 aliphatic heterocycles. The van der Waals surface area contributed by atoms with E-state index in [4.69, 9.17) is 0 Å². The molecule has 0 fully saturated rings. The Morgan fingerprint density at radius 2 is 1.41 bits per heavy atom. The lowest BCUT2D eigenvalue weighted by molar-refractivity contribution is -0.0400. The van der Waals surface area contributed by atoms with Crippen LogP contribution in [0.15, 0.2) is 102 Å². The van der Waals surface area contributed by atoms with E-state index in [1.165, 1.54) is 0 Å². The molecule has 3 heteroatoms. The molecule has 3 aromatic carbocycles. The van der Waals surface area contributed by atoms with Crippen molar-refractivity contribution in [2.24, 2.45) is 0 Å². The van der Waals surface area contributed by atoms with Crippen LogP contribution in [0.1, 0.15) is 35.1 Å². The number of aliphatic hydroxyl groups excluding tert-OH is 1. The normalized spacial score (nSPS) is 15.5. The minimum Gasteiger partial charge on any atom is -0.388 e. The predicted octanol–water partition coefficient (Wildman–Crippen LogP) is 5.73. The summed E-state index contributed by atoms with van der Waals surface area (Å²) in [5.41, 5.74) is 1.10. The molecule has 138 valence electrons. The second-order valence-corrected chi connectivity index (χ2v) is 7.58. The third-order valence-corrected chi connectivity index (χ3v) is 5.46. The molecule has 0 radical (unpaired) electrons. The molecule has 27 heavy (non-hydrogen) atoms. The second-order valence-electron chi connectivity index (χ2n) is 6.67. The van der Waals surface area contributed by atoms with Crippen molar-refractivity contribution in [2.45, 2.75) is 24.0 Å². The first-order valence-electron chi connectivity index (χ1n) is 8.93. The summed E-state index contributed by atoms with van der Waals surface area (Å²) in [4.78, 5) is 0. The van der Waals surface area contributed by atoms with Gasteiger partial charge in [0.2, 0.25) is 0 Å². The van der Waals surface area contributed by atoms with Gasteiger partial charge in [0.1, 0.15) is 5.60 Å². The second kappa shape index (κ2) is 8.66. The first-order valence-corrected chi connectivity index (χ1v) is 9.73. The van der Waals surface area contributed by atoms with E-state index in [1.807, 2.05) is 84.9 Å². The van der Waals surface area contributed by atoms with Crippen molar-refractivity contribution in [3.05, 3.63) is 119 Å². The van der Waals surface area contributed by atoms with Crippen LogP contribution in [-0.2, 0) is 5.60 Å². The summed E-state index contributed by atoms with van der Waals surface area (Å²) < 4.78 is 0.944. The monoisotopic (exact) mass is 422 g/mol. The molecule has 3 atom stereocenters. The molecule has 0 heterocycles. The maximum absolute atomic E-state index is 11.8. The van der Waals surface area contributed by atoms with Gasteiger partial charge >= 0.3 is 0 Å². The zero-order valence-electron chi connectivity index (χ0n) is 15.0. The van der Waals surface area contributed by atoms with Crippen molar-refractivity contribution in [3.63, 3.8) is 0 Å². The van der Waals surface area contributed by atoms with Gasteiger partial charge in [0, 0.05) is 10.4 Å². The highest BCUT2D eigenvalue weighted by Gasteiger charge is 2.43. The van der Waals surface area contributed by atoms with E-state index in [1.54, 1.807) is 6.08 Å². The van der Waals surface area contributed by atoms with Crippen molar-refractivity contribution in [2.75, 3.05) is 0 Å². The highest BCUT2D eigenvalue weighted by atomic mass is 79.9. The van der Waals surface area contributed by atoms with Crippen molar-refractivity contribution >= 4 is 15.9 Å². The summed E-state index contributed by atoms with van der Waals surface area (Å²) in [6.07, 6.45) is 1.15. The highest BCUT2D eigenvalue weighted by Crippen LogP contribution is 2.47. The molecular weight excluding hydrogens is 400 g/mol.